The van der Waals surface area contributed by atoms with Crippen molar-refractivity contribution >= 4 is 17.5 Å². The summed E-state index contributed by atoms with van der Waals surface area (Å²) in [5.74, 6) is 0.749. The van der Waals surface area contributed by atoms with Crippen LogP contribution < -0.4 is 5.32 Å². The molecule has 1 aromatic carbocycles. The van der Waals surface area contributed by atoms with Crippen LogP contribution in [0.25, 0.3) is 0 Å². The van der Waals surface area contributed by atoms with Gasteiger partial charge in [-0.05, 0) is 41.9 Å². The van der Waals surface area contributed by atoms with E-state index in [1.807, 2.05) is 17.0 Å². The van der Waals surface area contributed by atoms with Crippen LogP contribution in [0.5, 0.6) is 0 Å². The van der Waals surface area contributed by atoms with E-state index in [1.165, 1.54) is 5.56 Å². The van der Waals surface area contributed by atoms with E-state index in [9.17, 15) is 9.59 Å². The molecule has 1 N–H and O–H groups in total. The first-order valence-electron chi connectivity index (χ1n) is 9.34. The molecule has 1 heterocycles. The molecule has 0 saturated carbocycles. The largest absolute Gasteiger partial charge is 0.343 e. The number of nitrogens with one attached hydrogen (secondary N) is 1. The summed E-state index contributed by atoms with van der Waals surface area (Å²) in [5, 5.41) is 3.02. The molecular weight excluding hydrogens is 312 g/mol. The Morgan fingerprint density at radius 3 is 2.16 bits per heavy atom. The molecule has 0 atom stereocenters. The van der Waals surface area contributed by atoms with E-state index >= 15 is 0 Å². The molecule has 4 heteroatoms. The Hall–Kier alpha value is -1.84. The Kier molecular flexibility index (Phi) is 6.26. The minimum Gasteiger partial charge on any atom is -0.343 e. The lowest BCUT2D eigenvalue weighted by molar-refractivity contribution is -0.136. The van der Waals surface area contributed by atoms with Crippen molar-refractivity contribution in [3.05, 3.63) is 29.8 Å². The average Bonchev–Trinajstić information content (AvgIpc) is 2.54. The normalized spacial score (nSPS) is 16.2. The Bertz CT molecular complexity index is 591. The zero-order chi connectivity index (χ0) is 18.6. The highest BCUT2D eigenvalue weighted by Crippen LogP contribution is 2.24. The number of hydrogen-bond acceptors (Lipinski definition) is 2. The summed E-state index contributed by atoms with van der Waals surface area (Å²) >= 11 is 0. The first-order chi connectivity index (χ1) is 11.7. The number of anilines is 1. The number of likely N-dealkylation sites (tertiary alicyclic amines) is 1. The predicted molar refractivity (Wildman–Crippen MR) is 103 cm³/mol. The van der Waals surface area contributed by atoms with E-state index in [0.717, 1.165) is 18.5 Å². The van der Waals surface area contributed by atoms with Crippen molar-refractivity contribution in [2.24, 2.45) is 11.3 Å². The van der Waals surface area contributed by atoms with Crippen LogP contribution in [0.15, 0.2) is 24.3 Å². The van der Waals surface area contributed by atoms with Crippen LogP contribution in [0.2, 0.25) is 0 Å². The maximum absolute atomic E-state index is 12.5. The topological polar surface area (TPSA) is 49.4 Å². The molecule has 0 radical (unpaired) electrons. The monoisotopic (exact) mass is 344 g/mol. The first-order valence-corrected chi connectivity index (χ1v) is 9.34. The summed E-state index contributed by atoms with van der Waals surface area (Å²) in [6.07, 6.45) is 2.05. The molecular formula is C21H32N2O2. The highest BCUT2D eigenvalue weighted by atomic mass is 16.2. The third-order valence-electron chi connectivity index (χ3n) is 4.74. The van der Waals surface area contributed by atoms with Crippen molar-refractivity contribution in [1.29, 1.82) is 0 Å². The lowest BCUT2D eigenvalue weighted by Crippen LogP contribution is -2.42. The van der Waals surface area contributed by atoms with Crippen molar-refractivity contribution < 1.29 is 9.59 Å². The molecule has 2 rings (SSSR count). The van der Waals surface area contributed by atoms with Gasteiger partial charge in [-0.3, -0.25) is 9.59 Å². The Morgan fingerprint density at radius 2 is 1.68 bits per heavy atom. The van der Waals surface area contributed by atoms with Crippen LogP contribution in [-0.2, 0) is 9.59 Å². The molecule has 1 aliphatic heterocycles. The quantitative estimate of drug-likeness (QED) is 0.879. The van der Waals surface area contributed by atoms with Gasteiger partial charge in [0.1, 0.15) is 0 Å². The minimum atomic E-state index is -0.0107. The molecule has 2 amide bonds. The third kappa shape index (κ3) is 5.87. The number of piperidine rings is 1. The maximum atomic E-state index is 12.5. The summed E-state index contributed by atoms with van der Waals surface area (Å²) in [4.78, 5) is 26.7. The number of carbonyl (C=O) groups is 2. The number of amides is 2. The van der Waals surface area contributed by atoms with Crippen molar-refractivity contribution in [1.82, 2.24) is 4.90 Å². The van der Waals surface area contributed by atoms with Gasteiger partial charge < -0.3 is 10.2 Å². The van der Waals surface area contributed by atoms with Crippen LogP contribution in [0.1, 0.15) is 65.4 Å². The van der Waals surface area contributed by atoms with Gasteiger partial charge in [0.15, 0.2) is 0 Å². The second-order valence-corrected chi connectivity index (χ2v) is 8.66. The van der Waals surface area contributed by atoms with Crippen molar-refractivity contribution in [3.63, 3.8) is 0 Å². The molecule has 1 saturated heterocycles. The number of benzene rings is 1. The molecule has 0 aliphatic carbocycles. The van der Waals surface area contributed by atoms with Gasteiger partial charge in [-0.2, -0.15) is 0 Å². The van der Waals surface area contributed by atoms with Gasteiger partial charge >= 0.3 is 0 Å². The van der Waals surface area contributed by atoms with Crippen molar-refractivity contribution in [3.8, 4) is 0 Å². The maximum Gasteiger partial charge on any atom is 0.227 e. The van der Waals surface area contributed by atoms with Gasteiger partial charge in [0.25, 0.3) is 0 Å². The number of hydrogen-bond donors (Lipinski definition) is 1. The van der Waals surface area contributed by atoms with Gasteiger partial charge in [0.05, 0.1) is 0 Å². The van der Waals surface area contributed by atoms with Crippen LogP contribution in [0.3, 0.4) is 0 Å². The lowest BCUT2D eigenvalue weighted by Gasteiger charge is -2.33. The zero-order valence-electron chi connectivity index (χ0n) is 16.3. The van der Waals surface area contributed by atoms with Crippen LogP contribution in [0, 0.1) is 11.3 Å². The summed E-state index contributed by atoms with van der Waals surface area (Å²) < 4.78 is 0. The SMILES string of the molecule is CC(C)c1ccc(NC(=O)C2CCN(C(=O)CC(C)(C)C)CC2)cc1. The summed E-state index contributed by atoms with van der Waals surface area (Å²) in [7, 11) is 0. The molecule has 25 heavy (non-hydrogen) atoms. The van der Waals surface area contributed by atoms with Gasteiger partial charge in [-0.15, -0.1) is 0 Å². The molecule has 1 aromatic rings. The number of rotatable bonds is 4. The number of nitrogens with zero attached hydrogens (tertiary/aromatic N) is 1. The second-order valence-electron chi connectivity index (χ2n) is 8.66. The molecule has 0 aromatic heterocycles. The lowest BCUT2D eigenvalue weighted by atomic mass is 9.90. The van der Waals surface area contributed by atoms with Crippen molar-refractivity contribution in [2.45, 2.75) is 59.8 Å². The second kappa shape index (κ2) is 8.03. The van der Waals surface area contributed by atoms with E-state index < -0.39 is 0 Å². The van der Waals surface area contributed by atoms with E-state index in [2.05, 4.69) is 52.1 Å². The fraction of sp³-hybridized carbons (Fsp3) is 0.619. The summed E-state index contributed by atoms with van der Waals surface area (Å²) in [6, 6.07) is 8.06. The fourth-order valence-electron chi connectivity index (χ4n) is 3.15. The highest BCUT2D eigenvalue weighted by molar-refractivity contribution is 5.92. The van der Waals surface area contributed by atoms with E-state index in [4.69, 9.17) is 0 Å². The van der Waals surface area contributed by atoms with Crippen LogP contribution in [-0.4, -0.2) is 29.8 Å². The van der Waals surface area contributed by atoms with Gasteiger partial charge in [0, 0.05) is 31.1 Å². The predicted octanol–water partition coefficient (Wildman–Crippen LogP) is 4.42. The van der Waals surface area contributed by atoms with Gasteiger partial charge in [0.2, 0.25) is 11.8 Å². The molecule has 1 aliphatic rings. The van der Waals surface area contributed by atoms with Crippen molar-refractivity contribution in [2.75, 3.05) is 18.4 Å². The van der Waals surface area contributed by atoms with E-state index in [1.54, 1.807) is 0 Å². The Balaban J connectivity index is 1.84. The Labute approximate surface area is 152 Å². The summed E-state index contributed by atoms with van der Waals surface area (Å²) in [6.45, 7) is 11.9. The van der Waals surface area contributed by atoms with E-state index in [0.29, 0.717) is 25.4 Å². The molecule has 0 unspecified atom stereocenters. The fourth-order valence-corrected chi connectivity index (χ4v) is 3.15. The molecule has 4 nitrogen and oxygen atoms in total. The molecule has 0 spiro atoms. The molecule has 1 fully saturated rings. The smallest absolute Gasteiger partial charge is 0.227 e. The first kappa shape index (κ1) is 19.5. The van der Waals surface area contributed by atoms with Crippen LogP contribution in [0.4, 0.5) is 5.69 Å². The molecule has 0 bridgehead atoms. The van der Waals surface area contributed by atoms with Crippen LogP contribution >= 0.6 is 0 Å². The highest BCUT2D eigenvalue weighted by Gasteiger charge is 2.29. The summed E-state index contributed by atoms with van der Waals surface area (Å²) in [5.41, 5.74) is 2.12. The Morgan fingerprint density at radius 1 is 1.12 bits per heavy atom. The zero-order valence-corrected chi connectivity index (χ0v) is 16.3. The molecule has 138 valence electrons. The average molecular weight is 344 g/mol. The van der Waals surface area contributed by atoms with Gasteiger partial charge in [-0.25, -0.2) is 0 Å². The van der Waals surface area contributed by atoms with E-state index in [-0.39, 0.29) is 23.1 Å². The number of carbonyl (C=O) groups excluding carboxylic acids is 2. The van der Waals surface area contributed by atoms with Gasteiger partial charge in [-0.1, -0.05) is 46.8 Å². The standard InChI is InChI=1S/C21H32N2O2/c1-15(2)16-6-8-18(9-7-16)22-20(25)17-10-12-23(13-11-17)19(24)14-21(3,4)5/h6-9,15,17H,10-14H2,1-5H3,(H,22,25). The minimum absolute atomic E-state index is 0.00740. The third-order valence-corrected chi connectivity index (χ3v) is 4.74.